The van der Waals surface area contributed by atoms with E-state index in [2.05, 4.69) is 25.7 Å². The summed E-state index contributed by atoms with van der Waals surface area (Å²) in [7, 11) is 0. The molecule has 0 aliphatic heterocycles. The zero-order valence-corrected chi connectivity index (χ0v) is 9.52. The van der Waals surface area contributed by atoms with Crippen molar-refractivity contribution < 1.29 is 20.3 Å². The van der Waals surface area contributed by atoms with Crippen LogP contribution in [-0.2, 0) is 0 Å². The summed E-state index contributed by atoms with van der Waals surface area (Å²) in [5.74, 6) is 1.08. The van der Waals surface area contributed by atoms with Crippen LogP contribution in [0.3, 0.4) is 0 Å². The van der Waals surface area contributed by atoms with Crippen molar-refractivity contribution in [1.29, 1.82) is 0 Å². The van der Waals surface area contributed by atoms with Gasteiger partial charge in [-0.25, -0.2) is 0 Å². The molecule has 11 heavy (non-hydrogen) atoms. The predicted octanol–water partition coefficient (Wildman–Crippen LogP) is -0.517. The van der Waals surface area contributed by atoms with Crippen LogP contribution in [0.1, 0.15) is 22.2 Å². The average molecular weight is 185 g/mol. The van der Waals surface area contributed by atoms with Crippen molar-refractivity contribution in [3.05, 3.63) is 0 Å². The van der Waals surface area contributed by atoms with Gasteiger partial charge in [-0.15, -0.1) is 0 Å². The Morgan fingerprint density at radius 2 is 1.82 bits per heavy atom. The molecule has 0 bridgehead atoms. The molecule has 0 atom stereocenters. The van der Waals surface area contributed by atoms with Crippen LogP contribution in [0.25, 0.3) is 0 Å². The van der Waals surface area contributed by atoms with Gasteiger partial charge in [-0.3, -0.25) is 0 Å². The number of hydrogen-bond donors (Lipinski definition) is 0. The zero-order valence-electron chi connectivity index (χ0n) is 8.89. The van der Waals surface area contributed by atoms with Crippen LogP contribution < -0.4 is 18.9 Å². The molecule has 0 spiro atoms. The van der Waals surface area contributed by atoms with Crippen LogP contribution in [0.2, 0.25) is 0 Å². The van der Waals surface area contributed by atoms with E-state index in [1.165, 1.54) is 0 Å². The quantitative estimate of drug-likeness (QED) is 0.430. The second kappa shape index (κ2) is 8.93. The van der Waals surface area contributed by atoms with Crippen molar-refractivity contribution in [2.75, 3.05) is 18.8 Å². The van der Waals surface area contributed by atoms with E-state index >= 15 is 0 Å². The van der Waals surface area contributed by atoms with Gasteiger partial charge in [-0.05, 0) is 19.6 Å². The molecule has 0 aliphatic rings. The Bertz CT molecular complexity index is 110. The second-order valence-electron chi connectivity index (χ2n) is 1.87. The van der Waals surface area contributed by atoms with Gasteiger partial charge in [0, 0.05) is 13.1 Å². The maximum atomic E-state index is 5.16. The standard InChI is InChI=1S/C7H15NS2.Li.H/c1-4-8(5-2)7(9)10-6-3;;/h4-6H2,1-3H3;;/q;+1;-1. The van der Waals surface area contributed by atoms with Crippen molar-refractivity contribution in [3.63, 3.8) is 0 Å². The van der Waals surface area contributed by atoms with E-state index in [1.54, 1.807) is 11.8 Å². The molecule has 1 nitrogen and oxygen atoms in total. The van der Waals surface area contributed by atoms with Crippen molar-refractivity contribution in [2.45, 2.75) is 20.8 Å². The topological polar surface area (TPSA) is 3.24 Å². The predicted molar refractivity (Wildman–Crippen MR) is 54.8 cm³/mol. The van der Waals surface area contributed by atoms with E-state index < -0.39 is 0 Å². The third-order valence-electron chi connectivity index (χ3n) is 1.29. The van der Waals surface area contributed by atoms with Gasteiger partial charge >= 0.3 is 18.9 Å². The number of nitrogens with zero attached hydrogens (tertiary/aromatic N) is 1. The molecule has 0 aliphatic carbocycles. The van der Waals surface area contributed by atoms with Crippen LogP contribution in [-0.4, -0.2) is 28.1 Å². The molecule has 62 valence electrons. The summed E-state index contributed by atoms with van der Waals surface area (Å²) in [6.45, 7) is 8.45. The minimum atomic E-state index is 0. The third-order valence-corrected chi connectivity index (χ3v) is 2.70. The number of rotatable bonds is 3. The monoisotopic (exact) mass is 185 g/mol. The van der Waals surface area contributed by atoms with E-state index in [1.807, 2.05) is 0 Å². The molecule has 0 aromatic rings. The summed E-state index contributed by atoms with van der Waals surface area (Å²) in [4.78, 5) is 2.20. The Labute approximate surface area is 93.0 Å². The zero-order chi connectivity index (χ0) is 7.98. The van der Waals surface area contributed by atoms with E-state index in [0.29, 0.717) is 0 Å². The van der Waals surface area contributed by atoms with Gasteiger partial charge < -0.3 is 6.33 Å². The molecule has 0 fully saturated rings. The van der Waals surface area contributed by atoms with Crippen molar-refractivity contribution >= 4 is 28.3 Å². The van der Waals surface area contributed by atoms with Gasteiger partial charge in [0.1, 0.15) is 4.32 Å². The molecule has 0 N–H and O–H groups in total. The molecule has 0 amide bonds. The maximum absolute atomic E-state index is 5.16. The van der Waals surface area contributed by atoms with E-state index in [0.717, 1.165) is 23.2 Å². The average Bonchev–Trinajstić information content (AvgIpc) is 1.91. The molecular formula is C7H16LiNS2. The third kappa shape index (κ3) is 6.04. The first kappa shape index (κ1) is 14.4. The van der Waals surface area contributed by atoms with Crippen molar-refractivity contribution in [2.24, 2.45) is 0 Å². The molecule has 0 aromatic carbocycles. The second-order valence-corrected chi connectivity index (χ2v) is 3.77. The first-order chi connectivity index (χ1) is 4.76. The molecule has 0 aromatic heterocycles. The Morgan fingerprint density at radius 3 is 2.09 bits per heavy atom. The van der Waals surface area contributed by atoms with Crippen LogP contribution >= 0.6 is 24.0 Å². The smallest absolute Gasteiger partial charge is 1.00 e. The van der Waals surface area contributed by atoms with E-state index in [-0.39, 0.29) is 20.3 Å². The summed E-state index contributed by atoms with van der Waals surface area (Å²) in [5.41, 5.74) is 0. The number of hydrogen-bond acceptors (Lipinski definition) is 2. The number of thioether (sulfide) groups is 1. The maximum Gasteiger partial charge on any atom is 1.00 e. The molecule has 0 saturated carbocycles. The fourth-order valence-electron chi connectivity index (χ4n) is 0.697. The Hall–Kier alpha value is 0.837. The number of thiocarbonyl (C=S) groups is 1. The minimum Gasteiger partial charge on any atom is -1.00 e. The summed E-state index contributed by atoms with van der Waals surface area (Å²) >= 11 is 6.91. The van der Waals surface area contributed by atoms with Crippen molar-refractivity contribution in [3.8, 4) is 0 Å². The Morgan fingerprint density at radius 1 is 1.36 bits per heavy atom. The Balaban J connectivity index is -0.000000405. The first-order valence-electron chi connectivity index (χ1n) is 3.67. The van der Waals surface area contributed by atoms with Gasteiger partial charge in [0.2, 0.25) is 0 Å². The van der Waals surface area contributed by atoms with Crippen LogP contribution in [0.5, 0.6) is 0 Å². The molecule has 0 saturated heterocycles. The van der Waals surface area contributed by atoms with Gasteiger partial charge in [0.05, 0.1) is 0 Å². The largest absolute Gasteiger partial charge is 1.00 e. The van der Waals surface area contributed by atoms with Gasteiger partial charge in [-0.1, -0.05) is 30.9 Å². The van der Waals surface area contributed by atoms with Gasteiger partial charge in [0.15, 0.2) is 0 Å². The van der Waals surface area contributed by atoms with Gasteiger partial charge in [-0.2, -0.15) is 0 Å². The summed E-state index contributed by atoms with van der Waals surface area (Å²) in [6, 6.07) is 0. The SMILES string of the molecule is CCSC(=S)N(CC)CC.[H-].[Li+]. The fourth-order valence-corrected chi connectivity index (χ4v) is 2.00. The summed E-state index contributed by atoms with van der Waals surface area (Å²) < 4.78 is 1.03. The molecule has 4 heteroatoms. The molecule has 0 heterocycles. The Kier molecular flexibility index (Phi) is 11.7. The molecular weight excluding hydrogens is 169 g/mol. The fraction of sp³-hybridized carbons (Fsp3) is 0.857. The molecule has 0 rings (SSSR count). The summed E-state index contributed by atoms with van der Waals surface area (Å²) in [5, 5.41) is 0. The van der Waals surface area contributed by atoms with Crippen LogP contribution in [0, 0.1) is 0 Å². The first-order valence-corrected chi connectivity index (χ1v) is 5.07. The van der Waals surface area contributed by atoms with Crippen molar-refractivity contribution in [1.82, 2.24) is 4.90 Å². The summed E-state index contributed by atoms with van der Waals surface area (Å²) in [6.07, 6.45) is 0. The minimum absolute atomic E-state index is 0. The molecule has 0 radical (unpaired) electrons. The van der Waals surface area contributed by atoms with E-state index in [9.17, 15) is 0 Å². The normalized spacial score (nSPS) is 8.64. The van der Waals surface area contributed by atoms with Crippen LogP contribution in [0.4, 0.5) is 0 Å². The van der Waals surface area contributed by atoms with Crippen LogP contribution in [0.15, 0.2) is 0 Å². The van der Waals surface area contributed by atoms with E-state index in [4.69, 9.17) is 12.2 Å². The van der Waals surface area contributed by atoms with Gasteiger partial charge in [0.25, 0.3) is 0 Å². The molecule has 0 unspecified atom stereocenters.